The van der Waals surface area contributed by atoms with Gasteiger partial charge in [-0.3, -0.25) is 10.2 Å². The van der Waals surface area contributed by atoms with Gasteiger partial charge in [0.15, 0.2) is 22.9 Å². The Hall–Kier alpha value is -3.11. The molecule has 11 heteroatoms. The van der Waals surface area contributed by atoms with E-state index in [9.17, 15) is 4.79 Å². The van der Waals surface area contributed by atoms with Crippen LogP contribution in [0, 0.1) is 12.3 Å². The zero-order valence-corrected chi connectivity index (χ0v) is 23.8. The van der Waals surface area contributed by atoms with E-state index in [1.807, 2.05) is 40.7 Å². The van der Waals surface area contributed by atoms with Crippen LogP contribution in [0.25, 0.3) is 5.65 Å². The third-order valence-corrected chi connectivity index (χ3v) is 6.53. The summed E-state index contributed by atoms with van der Waals surface area (Å²) in [6.45, 7) is 10.6. The smallest absolute Gasteiger partial charge is 0.242 e. The number of aliphatic hydroxyl groups is 1. The number of hydrogen-bond acceptors (Lipinski definition) is 8. The van der Waals surface area contributed by atoms with Gasteiger partial charge in [0, 0.05) is 35.3 Å². The Balaban J connectivity index is 0.00000400. The van der Waals surface area contributed by atoms with Gasteiger partial charge >= 0.3 is 0 Å². The van der Waals surface area contributed by atoms with Crippen LogP contribution < -0.4 is 19.8 Å². The topological polar surface area (TPSA) is 124 Å². The molecule has 1 aliphatic carbocycles. The summed E-state index contributed by atoms with van der Waals surface area (Å²) in [5.41, 5.74) is 3.54. The molecule has 4 rings (SSSR count). The molecule has 1 aliphatic rings. The number of Topliss-reactive ketones (excluding diaryl/α,β-unsaturated/α-hetero) is 1. The van der Waals surface area contributed by atoms with Crippen LogP contribution in [-0.4, -0.2) is 57.2 Å². The van der Waals surface area contributed by atoms with Crippen LogP contribution in [0.2, 0.25) is 0 Å². The number of halogens is 1. The molecule has 2 aromatic heterocycles. The molecule has 0 unspecified atom stereocenters. The Morgan fingerprint density at radius 2 is 1.92 bits per heavy atom. The molecule has 0 saturated heterocycles. The molecule has 0 atom stereocenters. The summed E-state index contributed by atoms with van der Waals surface area (Å²) >= 11 is 0. The molecule has 208 valence electrons. The molecule has 0 spiro atoms. The highest BCUT2D eigenvalue weighted by Crippen LogP contribution is 2.44. The summed E-state index contributed by atoms with van der Waals surface area (Å²) < 4.78 is 20.1. The summed E-state index contributed by atoms with van der Waals surface area (Å²) in [5.74, 6) is 1.67. The van der Waals surface area contributed by atoms with Crippen molar-refractivity contribution >= 4 is 23.8 Å². The summed E-state index contributed by atoms with van der Waals surface area (Å²) in [6, 6.07) is 3.49. The summed E-state index contributed by atoms with van der Waals surface area (Å²) in [6.07, 6.45) is 2.59. The van der Waals surface area contributed by atoms with Crippen molar-refractivity contribution in [1.82, 2.24) is 19.4 Å². The first-order valence-corrected chi connectivity index (χ1v) is 12.8. The first-order valence-electron chi connectivity index (χ1n) is 12.8. The van der Waals surface area contributed by atoms with Crippen LogP contribution in [0.1, 0.15) is 79.9 Å². The van der Waals surface area contributed by atoms with Crippen molar-refractivity contribution in [3.05, 3.63) is 40.0 Å². The van der Waals surface area contributed by atoms with Crippen LogP contribution in [0.4, 0.5) is 0 Å². The minimum absolute atomic E-state index is 0. The van der Waals surface area contributed by atoms with Crippen molar-refractivity contribution < 1.29 is 24.1 Å². The lowest BCUT2D eigenvalue weighted by molar-refractivity contribution is 0.0964. The van der Waals surface area contributed by atoms with E-state index in [4.69, 9.17) is 24.7 Å². The number of aromatic nitrogens is 4. The molecule has 0 aliphatic heterocycles. The lowest BCUT2D eigenvalue weighted by Gasteiger charge is -2.25. The van der Waals surface area contributed by atoms with Gasteiger partial charge in [-0.2, -0.15) is 4.52 Å². The predicted octanol–water partition coefficient (Wildman–Crippen LogP) is 3.97. The van der Waals surface area contributed by atoms with Crippen molar-refractivity contribution in [3.63, 3.8) is 0 Å². The molecule has 3 aromatic rings. The van der Waals surface area contributed by atoms with Gasteiger partial charge in [0.2, 0.25) is 11.5 Å². The zero-order chi connectivity index (χ0) is 26.9. The van der Waals surface area contributed by atoms with Gasteiger partial charge in [0.05, 0.1) is 20.3 Å². The number of benzene rings is 1. The summed E-state index contributed by atoms with van der Waals surface area (Å²) in [7, 11) is 1.58. The van der Waals surface area contributed by atoms with Crippen molar-refractivity contribution in [3.8, 4) is 17.4 Å². The standard InChI is InChI=1S/C27H37N5O5.ClH/c1-7-36-25-16(2)22(17-9-10-17)24-29-31(26(28)32(24)30-25)15-20(34)18-13-19(27(3,4)5)23(35-6)21(14-18)37-12-8-11-33;/h13-14,17,28,33H,7-12,15H2,1-6H3;1H. The Morgan fingerprint density at radius 3 is 2.50 bits per heavy atom. The molecule has 0 radical (unpaired) electrons. The summed E-state index contributed by atoms with van der Waals surface area (Å²) in [5, 5.41) is 27.1. The van der Waals surface area contributed by atoms with E-state index < -0.39 is 0 Å². The third kappa shape index (κ3) is 5.81. The maximum atomic E-state index is 13.5. The number of methoxy groups -OCH3 is 1. The van der Waals surface area contributed by atoms with E-state index in [0.717, 1.165) is 29.5 Å². The maximum absolute atomic E-state index is 13.5. The molecule has 0 amide bonds. The van der Waals surface area contributed by atoms with Gasteiger partial charge in [-0.1, -0.05) is 20.8 Å². The molecule has 10 nitrogen and oxygen atoms in total. The number of rotatable bonds is 11. The lowest BCUT2D eigenvalue weighted by atomic mass is 9.84. The molecular formula is C27H38ClN5O5. The van der Waals surface area contributed by atoms with E-state index in [-0.39, 0.29) is 42.4 Å². The second-order valence-corrected chi connectivity index (χ2v) is 10.4. The fraction of sp³-hybridized carbons (Fsp3) is 0.556. The third-order valence-electron chi connectivity index (χ3n) is 6.53. The fourth-order valence-corrected chi connectivity index (χ4v) is 4.48. The van der Waals surface area contributed by atoms with Crippen LogP contribution in [0.15, 0.2) is 12.1 Å². The Morgan fingerprint density at radius 1 is 1.21 bits per heavy atom. The second kappa shape index (κ2) is 11.7. The number of ketones is 1. The van der Waals surface area contributed by atoms with Crippen LogP contribution in [0.5, 0.6) is 17.4 Å². The Bertz CT molecular complexity index is 1370. The number of carbonyl (C=O) groups excluding carboxylic acids is 1. The highest BCUT2D eigenvalue weighted by molar-refractivity contribution is 5.97. The van der Waals surface area contributed by atoms with E-state index in [0.29, 0.717) is 54.1 Å². The number of carbonyl (C=O) groups is 1. The van der Waals surface area contributed by atoms with E-state index in [1.54, 1.807) is 13.2 Å². The Kier molecular flexibility index (Phi) is 9.09. The predicted molar refractivity (Wildman–Crippen MR) is 145 cm³/mol. The van der Waals surface area contributed by atoms with Gasteiger partial charge < -0.3 is 19.3 Å². The number of nitrogens with one attached hydrogen (secondary N) is 1. The van der Waals surface area contributed by atoms with Crippen LogP contribution in [-0.2, 0) is 12.0 Å². The average Bonchev–Trinajstić information content (AvgIpc) is 3.64. The number of fused-ring (bicyclic) bond motifs is 1. The van der Waals surface area contributed by atoms with Gasteiger partial charge in [0.1, 0.15) is 6.54 Å². The molecule has 2 heterocycles. The normalized spacial score (nSPS) is 13.3. The largest absolute Gasteiger partial charge is 0.493 e. The minimum Gasteiger partial charge on any atom is -0.493 e. The maximum Gasteiger partial charge on any atom is 0.242 e. The monoisotopic (exact) mass is 547 g/mol. The van der Waals surface area contributed by atoms with Gasteiger partial charge in [-0.25, -0.2) is 4.68 Å². The van der Waals surface area contributed by atoms with Gasteiger partial charge in [-0.05, 0) is 50.2 Å². The number of nitrogens with zero attached hydrogens (tertiary/aromatic N) is 4. The quantitative estimate of drug-likeness (QED) is 0.275. The number of ether oxygens (including phenoxy) is 3. The van der Waals surface area contributed by atoms with Gasteiger partial charge in [-0.15, -0.1) is 22.6 Å². The zero-order valence-electron chi connectivity index (χ0n) is 23.0. The fourth-order valence-electron chi connectivity index (χ4n) is 4.48. The average molecular weight is 548 g/mol. The minimum atomic E-state index is -0.316. The highest BCUT2D eigenvalue weighted by Gasteiger charge is 2.32. The molecule has 1 saturated carbocycles. The van der Waals surface area contributed by atoms with Gasteiger partial charge in [0.25, 0.3) is 0 Å². The van der Waals surface area contributed by atoms with Crippen molar-refractivity contribution in [2.75, 3.05) is 26.9 Å². The van der Waals surface area contributed by atoms with Crippen LogP contribution >= 0.6 is 12.4 Å². The summed E-state index contributed by atoms with van der Waals surface area (Å²) in [4.78, 5) is 13.5. The van der Waals surface area contributed by atoms with E-state index >= 15 is 0 Å². The molecular weight excluding hydrogens is 510 g/mol. The Labute approximate surface area is 228 Å². The molecule has 0 bridgehead atoms. The molecule has 38 heavy (non-hydrogen) atoms. The second-order valence-electron chi connectivity index (χ2n) is 10.4. The van der Waals surface area contributed by atoms with Crippen molar-refractivity contribution in [2.45, 2.75) is 71.8 Å². The lowest BCUT2D eigenvalue weighted by Crippen LogP contribution is -2.27. The van der Waals surface area contributed by atoms with E-state index in [1.165, 1.54) is 9.20 Å². The highest BCUT2D eigenvalue weighted by atomic mass is 35.5. The first kappa shape index (κ1) is 29.4. The molecule has 1 fully saturated rings. The van der Waals surface area contributed by atoms with Crippen LogP contribution in [0.3, 0.4) is 0 Å². The number of hydrogen-bond donors (Lipinski definition) is 2. The first-order chi connectivity index (χ1) is 17.6. The molecule has 2 N–H and O–H groups in total. The number of aliphatic hydroxyl groups excluding tert-OH is 1. The van der Waals surface area contributed by atoms with Crippen molar-refractivity contribution in [1.29, 1.82) is 5.41 Å². The molecule has 1 aromatic carbocycles. The van der Waals surface area contributed by atoms with E-state index in [2.05, 4.69) is 10.2 Å². The SMILES string of the molecule is CCOc1nn2c(=N)n(CC(=O)c3cc(OCCCO)c(OC)c(C(C)(C)C)c3)nc2c(C2CC2)c1C.Cl. The van der Waals surface area contributed by atoms with Crippen molar-refractivity contribution in [2.24, 2.45) is 0 Å².